The smallest absolute Gasteiger partial charge is 0.0459 e. The maximum atomic E-state index is 3.66. The molecule has 3 rings (SSSR count). The van der Waals surface area contributed by atoms with E-state index >= 15 is 0 Å². The third-order valence-corrected chi connectivity index (χ3v) is 4.25. The number of benzene rings is 1. The Hall–Kier alpha value is -1.28. The van der Waals surface area contributed by atoms with Gasteiger partial charge in [-0.15, -0.1) is 0 Å². The summed E-state index contributed by atoms with van der Waals surface area (Å²) in [4.78, 5) is 3.66. The Morgan fingerprint density at radius 2 is 2.28 bits per heavy atom. The van der Waals surface area contributed by atoms with Gasteiger partial charge in [-0.25, -0.2) is 0 Å². The molecule has 0 saturated heterocycles. The molecule has 18 heavy (non-hydrogen) atoms. The van der Waals surface area contributed by atoms with Crippen LogP contribution in [0.4, 0.5) is 0 Å². The average molecular weight is 242 g/mol. The number of aromatic nitrogens is 1. The van der Waals surface area contributed by atoms with Crippen molar-refractivity contribution in [2.24, 2.45) is 0 Å². The van der Waals surface area contributed by atoms with Gasteiger partial charge < -0.3 is 10.3 Å². The number of nitrogens with one attached hydrogen (secondary N) is 2. The summed E-state index contributed by atoms with van der Waals surface area (Å²) in [7, 11) is 2.05. The highest BCUT2D eigenvalue weighted by Gasteiger charge is 2.23. The van der Waals surface area contributed by atoms with Gasteiger partial charge in [-0.05, 0) is 56.0 Å². The van der Waals surface area contributed by atoms with Crippen molar-refractivity contribution in [2.45, 2.75) is 38.5 Å². The zero-order valence-corrected chi connectivity index (χ0v) is 11.3. The summed E-state index contributed by atoms with van der Waals surface area (Å²) in [5.74, 6) is 0.663. The van der Waals surface area contributed by atoms with E-state index in [0.29, 0.717) is 5.92 Å². The van der Waals surface area contributed by atoms with Crippen molar-refractivity contribution in [1.82, 2.24) is 10.3 Å². The largest absolute Gasteiger partial charge is 0.358 e. The molecule has 2 N–H and O–H groups in total. The van der Waals surface area contributed by atoms with Gasteiger partial charge in [-0.1, -0.05) is 13.0 Å². The fourth-order valence-electron chi connectivity index (χ4n) is 3.27. The van der Waals surface area contributed by atoms with E-state index < -0.39 is 0 Å². The maximum Gasteiger partial charge on any atom is 0.0459 e. The highest BCUT2D eigenvalue weighted by molar-refractivity contribution is 5.85. The average Bonchev–Trinajstić information content (AvgIpc) is 2.78. The molecule has 1 aliphatic carbocycles. The molecule has 2 aromatic rings. The maximum absolute atomic E-state index is 3.66. The van der Waals surface area contributed by atoms with Crippen LogP contribution in [0.25, 0.3) is 10.9 Å². The predicted molar refractivity (Wildman–Crippen MR) is 77.3 cm³/mol. The van der Waals surface area contributed by atoms with Crippen molar-refractivity contribution in [1.29, 1.82) is 0 Å². The van der Waals surface area contributed by atoms with Crippen molar-refractivity contribution >= 4 is 10.9 Å². The van der Waals surface area contributed by atoms with E-state index in [1.54, 1.807) is 5.56 Å². The third-order valence-electron chi connectivity index (χ3n) is 4.25. The van der Waals surface area contributed by atoms with Gasteiger partial charge in [0.25, 0.3) is 0 Å². The van der Waals surface area contributed by atoms with Gasteiger partial charge in [0, 0.05) is 29.1 Å². The number of H-pyrrole nitrogens is 1. The predicted octanol–water partition coefficient (Wildman–Crippen LogP) is 3.37. The molecule has 0 fully saturated rings. The normalized spacial score (nSPS) is 19.1. The molecule has 96 valence electrons. The first-order chi connectivity index (χ1) is 8.83. The van der Waals surface area contributed by atoms with Crippen molar-refractivity contribution in [2.75, 3.05) is 13.6 Å². The van der Waals surface area contributed by atoms with Crippen LogP contribution in [-0.4, -0.2) is 18.6 Å². The van der Waals surface area contributed by atoms with Gasteiger partial charge in [0.2, 0.25) is 0 Å². The Balaban J connectivity index is 2.12. The minimum Gasteiger partial charge on any atom is -0.358 e. The van der Waals surface area contributed by atoms with E-state index in [9.17, 15) is 0 Å². The molecular formula is C16H22N2. The summed E-state index contributed by atoms with van der Waals surface area (Å²) in [5.41, 5.74) is 5.82. The molecule has 0 amide bonds. The second-order valence-corrected chi connectivity index (χ2v) is 5.40. The second kappa shape index (κ2) is 4.77. The minimum atomic E-state index is 0.663. The van der Waals surface area contributed by atoms with E-state index in [2.05, 4.69) is 35.4 Å². The fraction of sp³-hybridized carbons (Fsp3) is 0.500. The van der Waals surface area contributed by atoms with E-state index in [1.807, 2.05) is 7.05 Å². The van der Waals surface area contributed by atoms with Gasteiger partial charge in [-0.3, -0.25) is 0 Å². The molecule has 1 aromatic carbocycles. The second-order valence-electron chi connectivity index (χ2n) is 5.40. The quantitative estimate of drug-likeness (QED) is 0.848. The van der Waals surface area contributed by atoms with Crippen LogP contribution in [-0.2, 0) is 12.8 Å². The minimum absolute atomic E-state index is 0.663. The van der Waals surface area contributed by atoms with Crippen LogP contribution >= 0.6 is 0 Å². The molecule has 1 aromatic heterocycles. The first kappa shape index (κ1) is 11.8. The Labute approximate surface area is 109 Å². The summed E-state index contributed by atoms with van der Waals surface area (Å²) in [6.45, 7) is 3.31. The number of aromatic amines is 1. The van der Waals surface area contributed by atoms with Gasteiger partial charge in [-0.2, -0.15) is 0 Å². The first-order valence-electron chi connectivity index (χ1n) is 7.11. The molecule has 1 aliphatic rings. The monoisotopic (exact) mass is 242 g/mol. The standard InChI is InChI=1S/C16H22N2/c1-3-11-7-8-15-14(9-11)13-6-4-5-12(10-17-2)16(13)18-15/h7-9,12,17-18H,3-6,10H2,1-2H3. The van der Waals surface area contributed by atoms with Crippen LogP contribution < -0.4 is 5.32 Å². The van der Waals surface area contributed by atoms with Crippen molar-refractivity contribution in [3.05, 3.63) is 35.0 Å². The number of aryl methyl sites for hydroxylation is 2. The van der Waals surface area contributed by atoms with E-state index in [-0.39, 0.29) is 0 Å². The van der Waals surface area contributed by atoms with E-state index in [4.69, 9.17) is 0 Å². The molecule has 0 bridgehead atoms. The van der Waals surface area contributed by atoms with Crippen LogP contribution in [0.3, 0.4) is 0 Å². The van der Waals surface area contributed by atoms with E-state index in [1.165, 1.54) is 41.4 Å². The molecule has 2 heteroatoms. The summed E-state index contributed by atoms with van der Waals surface area (Å²) < 4.78 is 0. The Bertz CT molecular complexity index is 553. The highest BCUT2D eigenvalue weighted by Crippen LogP contribution is 2.36. The van der Waals surface area contributed by atoms with Crippen molar-refractivity contribution < 1.29 is 0 Å². The lowest BCUT2D eigenvalue weighted by molar-refractivity contribution is 0.522. The third kappa shape index (κ3) is 1.85. The molecule has 1 unspecified atom stereocenters. The summed E-state index contributed by atoms with van der Waals surface area (Å²) >= 11 is 0. The Kier molecular flexibility index (Phi) is 3.13. The number of hydrogen-bond acceptors (Lipinski definition) is 1. The lowest BCUT2D eigenvalue weighted by Gasteiger charge is -2.22. The Morgan fingerprint density at radius 1 is 1.39 bits per heavy atom. The molecule has 2 nitrogen and oxygen atoms in total. The first-order valence-corrected chi connectivity index (χ1v) is 7.11. The van der Waals surface area contributed by atoms with Gasteiger partial charge >= 0.3 is 0 Å². The topological polar surface area (TPSA) is 27.8 Å². The molecule has 1 atom stereocenters. The van der Waals surface area contributed by atoms with Gasteiger partial charge in [0.05, 0.1) is 0 Å². The van der Waals surface area contributed by atoms with Gasteiger partial charge in [0.15, 0.2) is 0 Å². The molecule has 0 spiro atoms. The number of likely N-dealkylation sites (N-methyl/N-ethyl adjacent to an activating group) is 1. The molecule has 0 aliphatic heterocycles. The van der Waals surface area contributed by atoms with Crippen LogP contribution in [0.15, 0.2) is 18.2 Å². The van der Waals surface area contributed by atoms with Crippen molar-refractivity contribution in [3.8, 4) is 0 Å². The number of rotatable bonds is 3. The summed E-state index contributed by atoms with van der Waals surface area (Å²) in [6, 6.07) is 6.88. The van der Waals surface area contributed by atoms with Gasteiger partial charge in [0.1, 0.15) is 0 Å². The van der Waals surface area contributed by atoms with Crippen molar-refractivity contribution in [3.63, 3.8) is 0 Å². The lowest BCUT2D eigenvalue weighted by atomic mass is 9.86. The molecule has 0 radical (unpaired) electrons. The molecule has 0 saturated carbocycles. The molecule has 1 heterocycles. The summed E-state index contributed by atoms with van der Waals surface area (Å²) in [6.07, 6.45) is 4.99. The number of hydrogen-bond donors (Lipinski definition) is 2. The highest BCUT2D eigenvalue weighted by atomic mass is 14.8. The Morgan fingerprint density at radius 3 is 3.06 bits per heavy atom. The van der Waals surface area contributed by atoms with E-state index in [0.717, 1.165) is 13.0 Å². The van der Waals surface area contributed by atoms with Crippen LogP contribution in [0, 0.1) is 0 Å². The fourth-order valence-corrected chi connectivity index (χ4v) is 3.27. The zero-order valence-electron chi connectivity index (χ0n) is 11.3. The van der Waals surface area contributed by atoms with Crippen LogP contribution in [0.1, 0.15) is 42.5 Å². The van der Waals surface area contributed by atoms with Crippen LogP contribution in [0.5, 0.6) is 0 Å². The lowest BCUT2D eigenvalue weighted by Crippen LogP contribution is -2.21. The zero-order chi connectivity index (χ0) is 12.5. The van der Waals surface area contributed by atoms with Crippen LogP contribution in [0.2, 0.25) is 0 Å². The SMILES string of the molecule is CCc1ccc2[nH]c3c(c2c1)CCCC3CNC. The number of fused-ring (bicyclic) bond motifs is 3. The summed E-state index contributed by atoms with van der Waals surface area (Å²) in [5, 5.41) is 4.79. The molecular weight excluding hydrogens is 220 g/mol.